The quantitative estimate of drug-likeness (QED) is 0.780. The number of anilines is 1. The molecule has 1 heterocycles. The third-order valence-electron chi connectivity index (χ3n) is 3.90. The van der Waals surface area contributed by atoms with E-state index in [9.17, 15) is 9.18 Å². The van der Waals surface area contributed by atoms with Crippen LogP contribution < -0.4 is 4.90 Å². The van der Waals surface area contributed by atoms with Crippen molar-refractivity contribution in [1.82, 2.24) is 4.90 Å². The summed E-state index contributed by atoms with van der Waals surface area (Å²) in [6, 6.07) is 4.65. The fourth-order valence-electron chi connectivity index (χ4n) is 2.75. The molecule has 1 saturated heterocycles. The van der Waals surface area contributed by atoms with Gasteiger partial charge in [-0.05, 0) is 51.0 Å². The van der Waals surface area contributed by atoms with Crippen molar-refractivity contribution in [2.75, 3.05) is 38.6 Å². The lowest BCUT2D eigenvalue weighted by atomic mass is 9.96. The van der Waals surface area contributed by atoms with Gasteiger partial charge in [-0.15, -0.1) is 0 Å². The van der Waals surface area contributed by atoms with E-state index in [1.165, 1.54) is 6.07 Å². The fourth-order valence-corrected chi connectivity index (χ4v) is 2.75. The molecule has 0 bridgehead atoms. The van der Waals surface area contributed by atoms with E-state index in [0.717, 1.165) is 38.8 Å². The Morgan fingerprint density at radius 2 is 2.11 bits per heavy atom. The molecule has 3 nitrogen and oxygen atoms in total. The van der Waals surface area contributed by atoms with Gasteiger partial charge >= 0.3 is 0 Å². The van der Waals surface area contributed by atoms with Crippen LogP contribution in [-0.4, -0.2) is 44.9 Å². The number of halogens is 1. The number of carbonyl (C=O) groups is 1. The second kappa shape index (κ2) is 6.15. The van der Waals surface area contributed by atoms with Crippen LogP contribution >= 0.6 is 0 Å². The molecule has 1 aliphatic rings. The average Bonchev–Trinajstić information content (AvgIpc) is 2.40. The zero-order valence-corrected chi connectivity index (χ0v) is 11.6. The molecular weight excluding hydrogens is 243 g/mol. The van der Waals surface area contributed by atoms with Crippen molar-refractivity contribution in [2.45, 2.75) is 12.8 Å². The number of piperidine rings is 1. The molecule has 0 unspecified atom stereocenters. The lowest BCUT2D eigenvalue weighted by Gasteiger charge is -2.32. The van der Waals surface area contributed by atoms with Gasteiger partial charge in [-0.1, -0.05) is 6.07 Å². The standard InChI is InChI=1S/C15H21FN2O/c1-17-8-6-12(7-9-17)10-18(2)15-13(11-19)4-3-5-14(15)16/h3-5,11-12H,6-10H2,1-2H3. The maximum atomic E-state index is 13.9. The van der Waals surface area contributed by atoms with E-state index in [0.29, 0.717) is 17.2 Å². The van der Waals surface area contributed by atoms with Crippen molar-refractivity contribution in [3.05, 3.63) is 29.6 Å². The number of rotatable bonds is 4. The van der Waals surface area contributed by atoms with Gasteiger partial charge in [0.15, 0.2) is 6.29 Å². The molecule has 0 aromatic heterocycles. The number of nitrogens with zero attached hydrogens (tertiary/aromatic N) is 2. The molecule has 0 aliphatic carbocycles. The summed E-state index contributed by atoms with van der Waals surface area (Å²) in [7, 11) is 3.99. The Morgan fingerprint density at radius 3 is 2.74 bits per heavy atom. The number of hydrogen-bond acceptors (Lipinski definition) is 3. The molecule has 1 aliphatic heterocycles. The van der Waals surface area contributed by atoms with Crippen LogP contribution in [0.3, 0.4) is 0 Å². The molecular formula is C15H21FN2O. The molecule has 0 saturated carbocycles. The van der Waals surface area contributed by atoms with Crippen LogP contribution in [0.1, 0.15) is 23.2 Å². The first kappa shape index (κ1) is 14.0. The van der Waals surface area contributed by atoms with Crippen LogP contribution in [0.25, 0.3) is 0 Å². The Labute approximate surface area is 114 Å². The summed E-state index contributed by atoms with van der Waals surface area (Å²) >= 11 is 0. The number of carbonyl (C=O) groups excluding carboxylic acids is 1. The van der Waals surface area contributed by atoms with Crippen molar-refractivity contribution in [3.63, 3.8) is 0 Å². The topological polar surface area (TPSA) is 23.6 Å². The molecule has 0 atom stereocenters. The van der Waals surface area contributed by atoms with E-state index in [1.807, 2.05) is 11.9 Å². The summed E-state index contributed by atoms with van der Waals surface area (Å²) in [6.45, 7) is 2.99. The van der Waals surface area contributed by atoms with E-state index in [2.05, 4.69) is 11.9 Å². The second-order valence-electron chi connectivity index (χ2n) is 5.42. The van der Waals surface area contributed by atoms with E-state index in [4.69, 9.17) is 0 Å². The predicted octanol–water partition coefficient (Wildman–Crippen LogP) is 2.42. The van der Waals surface area contributed by atoms with E-state index in [-0.39, 0.29) is 5.82 Å². The summed E-state index contributed by atoms with van der Waals surface area (Å²) in [5.41, 5.74) is 0.854. The van der Waals surface area contributed by atoms with Gasteiger partial charge in [0.2, 0.25) is 0 Å². The highest BCUT2D eigenvalue weighted by atomic mass is 19.1. The number of aldehydes is 1. The van der Waals surface area contributed by atoms with Crippen molar-refractivity contribution >= 4 is 12.0 Å². The van der Waals surface area contributed by atoms with E-state index in [1.54, 1.807) is 12.1 Å². The van der Waals surface area contributed by atoms with Gasteiger partial charge < -0.3 is 9.80 Å². The van der Waals surface area contributed by atoms with Crippen LogP contribution in [-0.2, 0) is 0 Å². The monoisotopic (exact) mass is 264 g/mol. The maximum absolute atomic E-state index is 13.9. The molecule has 1 aromatic rings. The van der Waals surface area contributed by atoms with Crippen LogP contribution in [0, 0.1) is 11.7 Å². The molecule has 0 spiro atoms. The summed E-state index contributed by atoms with van der Waals surface area (Å²) in [6.07, 6.45) is 2.99. The van der Waals surface area contributed by atoms with Crippen LogP contribution in [0.5, 0.6) is 0 Å². The van der Waals surface area contributed by atoms with E-state index >= 15 is 0 Å². The minimum atomic E-state index is -0.319. The highest BCUT2D eigenvalue weighted by Gasteiger charge is 2.20. The Kier molecular flexibility index (Phi) is 4.53. The van der Waals surface area contributed by atoms with Crippen molar-refractivity contribution in [2.24, 2.45) is 5.92 Å². The van der Waals surface area contributed by atoms with Crippen LogP contribution in [0.15, 0.2) is 18.2 Å². The maximum Gasteiger partial charge on any atom is 0.152 e. The van der Waals surface area contributed by atoms with Gasteiger partial charge in [0.05, 0.1) is 5.69 Å². The fraction of sp³-hybridized carbons (Fsp3) is 0.533. The van der Waals surface area contributed by atoms with Gasteiger partial charge in [0, 0.05) is 19.2 Å². The molecule has 4 heteroatoms. The first-order valence-corrected chi connectivity index (χ1v) is 6.75. The highest BCUT2D eigenvalue weighted by Crippen LogP contribution is 2.25. The van der Waals surface area contributed by atoms with Gasteiger partial charge in [0.1, 0.15) is 5.82 Å². The Balaban J connectivity index is 2.07. The summed E-state index contributed by atoms with van der Waals surface area (Å²) < 4.78 is 13.9. The molecule has 0 radical (unpaired) electrons. The molecule has 0 amide bonds. The number of para-hydroxylation sites is 1. The summed E-state index contributed by atoms with van der Waals surface area (Å²) in [4.78, 5) is 15.2. The van der Waals surface area contributed by atoms with Crippen LogP contribution in [0.2, 0.25) is 0 Å². The Hall–Kier alpha value is -1.42. The largest absolute Gasteiger partial charge is 0.371 e. The van der Waals surface area contributed by atoms with Crippen molar-refractivity contribution in [3.8, 4) is 0 Å². The number of hydrogen-bond donors (Lipinski definition) is 0. The molecule has 2 rings (SSSR count). The number of likely N-dealkylation sites (tertiary alicyclic amines) is 1. The molecule has 1 fully saturated rings. The van der Waals surface area contributed by atoms with Gasteiger partial charge in [-0.3, -0.25) is 4.79 Å². The lowest BCUT2D eigenvalue weighted by molar-refractivity contribution is 0.112. The molecule has 19 heavy (non-hydrogen) atoms. The first-order valence-electron chi connectivity index (χ1n) is 6.75. The second-order valence-corrected chi connectivity index (χ2v) is 5.42. The molecule has 104 valence electrons. The van der Waals surface area contributed by atoms with Gasteiger partial charge in [0.25, 0.3) is 0 Å². The average molecular weight is 264 g/mol. The van der Waals surface area contributed by atoms with Crippen molar-refractivity contribution < 1.29 is 9.18 Å². The lowest BCUT2D eigenvalue weighted by Crippen LogP contribution is -2.36. The molecule has 1 aromatic carbocycles. The zero-order chi connectivity index (χ0) is 13.8. The Morgan fingerprint density at radius 1 is 1.42 bits per heavy atom. The normalized spacial score (nSPS) is 17.4. The van der Waals surface area contributed by atoms with E-state index < -0.39 is 0 Å². The zero-order valence-electron chi connectivity index (χ0n) is 11.6. The highest BCUT2D eigenvalue weighted by molar-refractivity contribution is 5.84. The minimum Gasteiger partial charge on any atom is -0.371 e. The number of benzene rings is 1. The van der Waals surface area contributed by atoms with Crippen molar-refractivity contribution in [1.29, 1.82) is 0 Å². The Bertz CT molecular complexity index is 442. The molecule has 0 N–H and O–H groups in total. The van der Waals surface area contributed by atoms with Crippen LogP contribution in [0.4, 0.5) is 10.1 Å². The third-order valence-corrected chi connectivity index (χ3v) is 3.90. The summed E-state index contributed by atoms with van der Waals surface area (Å²) in [5, 5.41) is 0. The summed E-state index contributed by atoms with van der Waals surface area (Å²) in [5.74, 6) is 0.250. The first-order chi connectivity index (χ1) is 9.11. The smallest absolute Gasteiger partial charge is 0.152 e. The van der Waals surface area contributed by atoms with Gasteiger partial charge in [-0.2, -0.15) is 0 Å². The third kappa shape index (κ3) is 3.32. The van der Waals surface area contributed by atoms with Gasteiger partial charge in [-0.25, -0.2) is 4.39 Å². The SMILES string of the molecule is CN1CCC(CN(C)c2c(F)cccc2C=O)CC1. The predicted molar refractivity (Wildman–Crippen MR) is 75.3 cm³/mol. The minimum absolute atomic E-state index is 0.319.